The van der Waals surface area contributed by atoms with Crippen LogP contribution in [-0.2, 0) is 4.74 Å². The summed E-state index contributed by atoms with van der Waals surface area (Å²) in [5.74, 6) is 5.70. The normalized spacial score (nSPS) is 18.5. The molecule has 0 spiro atoms. The van der Waals surface area contributed by atoms with Crippen molar-refractivity contribution in [2.75, 3.05) is 6.61 Å². The summed E-state index contributed by atoms with van der Waals surface area (Å²) in [4.78, 5) is 0. The standard InChI is InChI=1S/C17H19FN2O/c1-2-3-4-7-13-9-10-15-14(12-13)17(18)19-20(15)16-8-5-6-11-21-16/h9-10,12,16H,2-3,5-6,8,11H2,1H3. The molecular formula is C17H19FN2O. The predicted octanol–water partition coefficient (Wildman–Crippen LogP) is 4.03. The molecule has 21 heavy (non-hydrogen) atoms. The van der Waals surface area contributed by atoms with Gasteiger partial charge >= 0.3 is 0 Å². The highest BCUT2D eigenvalue weighted by Gasteiger charge is 2.21. The van der Waals surface area contributed by atoms with Crippen molar-refractivity contribution in [3.05, 3.63) is 29.7 Å². The second kappa shape index (κ2) is 6.28. The number of benzene rings is 1. The van der Waals surface area contributed by atoms with Crippen molar-refractivity contribution in [2.45, 2.75) is 45.3 Å². The van der Waals surface area contributed by atoms with Gasteiger partial charge in [0.2, 0.25) is 5.95 Å². The first-order valence-corrected chi connectivity index (χ1v) is 7.58. The maximum atomic E-state index is 14.1. The van der Waals surface area contributed by atoms with Gasteiger partial charge in [0.15, 0.2) is 6.23 Å². The Bertz CT molecular complexity index is 690. The summed E-state index contributed by atoms with van der Waals surface area (Å²) < 4.78 is 21.5. The lowest BCUT2D eigenvalue weighted by atomic mass is 10.1. The van der Waals surface area contributed by atoms with Crippen molar-refractivity contribution >= 4 is 10.9 Å². The van der Waals surface area contributed by atoms with E-state index >= 15 is 0 Å². The summed E-state index contributed by atoms with van der Waals surface area (Å²) >= 11 is 0. The summed E-state index contributed by atoms with van der Waals surface area (Å²) in [5, 5.41) is 4.55. The Balaban J connectivity index is 1.96. The van der Waals surface area contributed by atoms with Crippen molar-refractivity contribution < 1.29 is 9.13 Å². The molecule has 0 amide bonds. The second-order valence-electron chi connectivity index (χ2n) is 5.34. The highest BCUT2D eigenvalue weighted by molar-refractivity contribution is 5.81. The smallest absolute Gasteiger partial charge is 0.240 e. The number of ether oxygens (including phenoxy) is 1. The van der Waals surface area contributed by atoms with E-state index < -0.39 is 5.95 Å². The highest BCUT2D eigenvalue weighted by Crippen LogP contribution is 2.28. The van der Waals surface area contributed by atoms with E-state index in [2.05, 4.69) is 23.9 Å². The number of unbranched alkanes of at least 4 members (excludes halogenated alkanes) is 1. The molecule has 0 saturated carbocycles. The molecule has 0 radical (unpaired) electrons. The molecule has 4 heteroatoms. The molecule has 2 heterocycles. The maximum Gasteiger partial charge on any atom is 0.240 e. The lowest BCUT2D eigenvalue weighted by Gasteiger charge is -2.23. The third kappa shape index (κ3) is 2.93. The molecule has 3 nitrogen and oxygen atoms in total. The summed E-state index contributed by atoms with van der Waals surface area (Å²) in [5.41, 5.74) is 1.61. The van der Waals surface area contributed by atoms with Crippen molar-refractivity contribution in [3.8, 4) is 11.8 Å². The van der Waals surface area contributed by atoms with E-state index in [1.807, 2.05) is 12.1 Å². The number of halogens is 1. The van der Waals surface area contributed by atoms with Gasteiger partial charge in [0.25, 0.3) is 0 Å². The van der Waals surface area contributed by atoms with Crippen LogP contribution in [0, 0.1) is 17.8 Å². The molecule has 1 unspecified atom stereocenters. The van der Waals surface area contributed by atoms with E-state index in [0.717, 1.165) is 43.2 Å². The molecule has 1 saturated heterocycles. The molecule has 110 valence electrons. The fourth-order valence-corrected chi connectivity index (χ4v) is 2.61. The van der Waals surface area contributed by atoms with Crippen LogP contribution in [-0.4, -0.2) is 16.4 Å². The van der Waals surface area contributed by atoms with Crippen LogP contribution in [0.5, 0.6) is 0 Å². The van der Waals surface area contributed by atoms with E-state index in [4.69, 9.17) is 4.74 Å². The molecule has 1 atom stereocenters. The minimum Gasteiger partial charge on any atom is -0.356 e. The molecule has 0 bridgehead atoms. The Morgan fingerprint density at radius 2 is 2.33 bits per heavy atom. The molecule has 3 rings (SSSR count). The summed E-state index contributed by atoms with van der Waals surface area (Å²) in [6.45, 7) is 2.81. The van der Waals surface area contributed by atoms with Gasteiger partial charge in [0.1, 0.15) is 0 Å². The zero-order valence-electron chi connectivity index (χ0n) is 12.2. The van der Waals surface area contributed by atoms with Gasteiger partial charge in [-0.05, 0) is 43.9 Å². The molecule has 1 aliphatic rings. The Morgan fingerprint density at radius 3 is 3.10 bits per heavy atom. The first kappa shape index (κ1) is 14.1. The van der Waals surface area contributed by atoms with Gasteiger partial charge in [-0.3, -0.25) is 0 Å². The number of hydrogen-bond acceptors (Lipinski definition) is 2. The number of rotatable bonds is 2. The van der Waals surface area contributed by atoms with E-state index in [0.29, 0.717) is 12.0 Å². The number of fused-ring (bicyclic) bond motifs is 1. The fourth-order valence-electron chi connectivity index (χ4n) is 2.61. The first-order valence-electron chi connectivity index (χ1n) is 7.58. The third-order valence-electron chi connectivity index (χ3n) is 3.70. The summed E-state index contributed by atoms with van der Waals surface area (Å²) in [6.07, 6.45) is 4.77. The first-order chi connectivity index (χ1) is 10.3. The van der Waals surface area contributed by atoms with Crippen LogP contribution in [0.4, 0.5) is 4.39 Å². The van der Waals surface area contributed by atoms with Gasteiger partial charge in [0, 0.05) is 18.6 Å². The Labute approximate surface area is 124 Å². The number of hydrogen-bond donors (Lipinski definition) is 0. The van der Waals surface area contributed by atoms with Crippen molar-refractivity contribution in [1.29, 1.82) is 0 Å². The topological polar surface area (TPSA) is 27.1 Å². The molecule has 1 aliphatic heterocycles. The van der Waals surface area contributed by atoms with Gasteiger partial charge in [-0.25, -0.2) is 4.68 Å². The Morgan fingerprint density at radius 1 is 1.43 bits per heavy atom. The molecule has 1 aromatic heterocycles. The molecule has 0 aliphatic carbocycles. The van der Waals surface area contributed by atoms with Crippen LogP contribution < -0.4 is 0 Å². The largest absolute Gasteiger partial charge is 0.356 e. The van der Waals surface area contributed by atoms with Crippen LogP contribution in [0.3, 0.4) is 0 Å². The van der Waals surface area contributed by atoms with E-state index in [1.54, 1.807) is 10.7 Å². The highest BCUT2D eigenvalue weighted by atomic mass is 19.1. The summed E-state index contributed by atoms with van der Waals surface area (Å²) in [7, 11) is 0. The number of aromatic nitrogens is 2. The van der Waals surface area contributed by atoms with Gasteiger partial charge in [-0.1, -0.05) is 18.8 Å². The van der Waals surface area contributed by atoms with Crippen LogP contribution in [0.25, 0.3) is 10.9 Å². The molecule has 1 aromatic carbocycles. The molecule has 1 fully saturated rings. The van der Waals surface area contributed by atoms with Crippen molar-refractivity contribution in [1.82, 2.24) is 9.78 Å². The lowest BCUT2D eigenvalue weighted by Crippen LogP contribution is -2.19. The van der Waals surface area contributed by atoms with Gasteiger partial charge in [0.05, 0.1) is 10.9 Å². The van der Waals surface area contributed by atoms with Crippen molar-refractivity contribution in [2.24, 2.45) is 0 Å². The van der Waals surface area contributed by atoms with E-state index in [1.165, 1.54) is 0 Å². The average Bonchev–Trinajstić information content (AvgIpc) is 2.85. The quantitative estimate of drug-likeness (QED) is 0.779. The monoisotopic (exact) mass is 286 g/mol. The lowest BCUT2D eigenvalue weighted by molar-refractivity contribution is -0.0375. The Kier molecular flexibility index (Phi) is 4.21. The number of nitrogens with zero attached hydrogens (tertiary/aromatic N) is 2. The van der Waals surface area contributed by atoms with Crippen LogP contribution in [0.15, 0.2) is 18.2 Å². The summed E-state index contributed by atoms with van der Waals surface area (Å²) in [6, 6.07) is 5.59. The van der Waals surface area contributed by atoms with Crippen LogP contribution >= 0.6 is 0 Å². The second-order valence-corrected chi connectivity index (χ2v) is 5.34. The Hall–Kier alpha value is -1.86. The predicted molar refractivity (Wildman–Crippen MR) is 80.3 cm³/mol. The van der Waals surface area contributed by atoms with E-state index in [9.17, 15) is 4.39 Å². The van der Waals surface area contributed by atoms with Gasteiger partial charge in [-0.2, -0.15) is 4.39 Å². The molecular weight excluding hydrogens is 267 g/mol. The average molecular weight is 286 g/mol. The van der Waals surface area contributed by atoms with Crippen LogP contribution in [0.1, 0.15) is 50.8 Å². The van der Waals surface area contributed by atoms with Gasteiger partial charge < -0.3 is 4.74 Å². The van der Waals surface area contributed by atoms with Crippen molar-refractivity contribution in [3.63, 3.8) is 0 Å². The van der Waals surface area contributed by atoms with Gasteiger partial charge in [-0.15, -0.1) is 5.10 Å². The minimum absolute atomic E-state index is 0.150. The van der Waals surface area contributed by atoms with Crippen LogP contribution in [0.2, 0.25) is 0 Å². The fraction of sp³-hybridized carbons (Fsp3) is 0.471. The molecule has 2 aromatic rings. The minimum atomic E-state index is -0.446. The molecule has 0 N–H and O–H groups in total. The van der Waals surface area contributed by atoms with E-state index in [-0.39, 0.29) is 6.23 Å². The maximum absolute atomic E-state index is 14.1. The third-order valence-corrected chi connectivity index (χ3v) is 3.70. The zero-order chi connectivity index (χ0) is 14.7. The SMILES string of the molecule is CCCC#Cc1ccc2c(c1)c(F)nn2C1CCCCO1. The zero-order valence-corrected chi connectivity index (χ0v) is 12.2.